The molecule has 2 heterocycles. The van der Waals surface area contributed by atoms with Gasteiger partial charge in [-0.1, -0.05) is 23.2 Å². The van der Waals surface area contributed by atoms with Gasteiger partial charge in [0.1, 0.15) is 11.5 Å². The molecule has 0 aliphatic rings. The number of methoxy groups -OCH3 is 2. The molecule has 56 heavy (non-hydrogen) atoms. The van der Waals surface area contributed by atoms with Gasteiger partial charge in [-0.15, -0.1) is 0 Å². The Labute approximate surface area is 345 Å². The monoisotopic (exact) mass is 858 g/mol. The summed E-state index contributed by atoms with van der Waals surface area (Å²) < 4.78 is 13.6. The average molecular weight is 861 g/mol. The molecule has 1 N–H and O–H groups in total. The SMILES string of the molecule is COc1ccc2c(c1)c(CC(=O)Cl)c(C)n2C(=O)c1ccc(Cl)cc1.COc1ccc2c(c1)c(CC(=O)O)c(C)n2C(=O)c1ccc(Cl)cc1.O=C(Cl)C(=O)Cl. The number of carboxylic acid groups (broad SMARTS) is 1. The molecule has 16 heteroatoms. The van der Waals surface area contributed by atoms with Crippen molar-refractivity contribution in [3.8, 4) is 11.5 Å². The maximum absolute atomic E-state index is 13.0. The molecule has 290 valence electrons. The van der Waals surface area contributed by atoms with Crippen molar-refractivity contribution in [3.63, 3.8) is 0 Å². The van der Waals surface area contributed by atoms with E-state index in [1.54, 1.807) is 111 Å². The lowest BCUT2D eigenvalue weighted by Gasteiger charge is -2.08. The van der Waals surface area contributed by atoms with Crippen LogP contribution in [0, 0.1) is 13.8 Å². The van der Waals surface area contributed by atoms with Crippen LogP contribution < -0.4 is 9.47 Å². The maximum Gasteiger partial charge on any atom is 0.307 e. The first kappa shape index (κ1) is 43.6. The number of rotatable bonds is 9. The van der Waals surface area contributed by atoms with E-state index in [9.17, 15) is 33.9 Å². The first-order chi connectivity index (χ1) is 26.5. The number of fused-ring (bicyclic) bond motifs is 2. The molecule has 0 amide bonds. The summed E-state index contributed by atoms with van der Waals surface area (Å²) in [6, 6.07) is 23.9. The number of ether oxygens (including phenoxy) is 2. The Morgan fingerprint density at radius 2 is 0.929 bits per heavy atom. The number of carbonyl (C=O) groups is 6. The Kier molecular flexibility index (Phi) is 14.9. The molecule has 0 saturated heterocycles. The highest BCUT2D eigenvalue weighted by molar-refractivity contribution is 6.97. The van der Waals surface area contributed by atoms with Crippen molar-refractivity contribution in [3.05, 3.63) is 129 Å². The minimum atomic E-state index is -1.14. The predicted molar refractivity (Wildman–Crippen MR) is 216 cm³/mol. The highest BCUT2D eigenvalue weighted by Gasteiger charge is 2.23. The molecule has 0 aliphatic heterocycles. The van der Waals surface area contributed by atoms with Crippen LogP contribution in [0.4, 0.5) is 0 Å². The van der Waals surface area contributed by atoms with E-state index in [1.807, 2.05) is 6.07 Å². The zero-order chi connectivity index (χ0) is 41.4. The Hall–Kier alpha value is -5.17. The standard InChI is InChI=1S/C19H15Cl2NO3.C19H16ClNO4.C2Cl2O2/c1-11-15(10-18(21)23)16-9-14(25-2)7-8-17(16)22(11)19(24)12-3-5-13(20)6-4-12;1-11-15(10-18(22)23)16-9-14(25-2)7-8-17(16)21(11)19(24)12-3-5-13(20)6-4-12;3-1(5)2(4)6/h3-9H,10H2,1-2H3;3-9H,10H2,1-2H3,(H,22,23);. The second-order valence-corrected chi connectivity index (χ2v) is 13.8. The Bertz CT molecular complexity index is 2320. The minimum absolute atomic E-state index is 0.0396. The smallest absolute Gasteiger partial charge is 0.307 e. The van der Waals surface area contributed by atoms with Crippen LogP contribution in [-0.4, -0.2) is 62.0 Å². The lowest BCUT2D eigenvalue weighted by Crippen LogP contribution is -2.14. The summed E-state index contributed by atoms with van der Waals surface area (Å²) in [6.07, 6.45) is -0.131. The van der Waals surface area contributed by atoms with Crippen LogP contribution in [0.3, 0.4) is 0 Å². The van der Waals surface area contributed by atoms with Crippen LogP contribution in [0.2, 0.25) is 10.0 Å². The average Bonchev–Trinajstić information content (AvgIpc) is 3.59. The van der Waals surface area contributed by atoms with Crippen molar-refractivity contribution < 1.29 is 43.3 Å². The number of benzene rings is 4. The molecule has 0 spiro atoms. The van der Waals surface area contributed by atoms with Crippen molar-refractivity contribution in [2.75, 3.05) is 14.2 Å². The Balaban J connectivity index is 0.000000217. The fourth-order valence-electron chi connectivity index (χ4n) is 5.88. The summed E-state index contributed by atoms with van der Waals surface area (Å²) in [5, 5.41) is 9.04. The quantitative estimate of drug-likeness (QED) is 0.111. The Morgan fingerprint density at radius 3 is 1.23 bits per heavy atom. The van der Waals surface area contributed by atoms with E-state index in [0.29, 0.717) is 66.0 Å². The number of carbonyl (C=O) groups excluding carboxylic acids is 5. The molecule has 6 rings (SSSR count). The van der Waals surface area contributed by atoms with Gasteiger partial charge in [0.25, 0.3) is 11.8 Å². The zero-order valence-electron chi connectivity index (χ0n) is 30.0. The molecule has 0 fully saturated rings. The summed E-state index contributed by atoms with van der Waals surface area (Å²) in [6.45, 7) is 3.55. The van der Waals surface area contributed by atoms with E-state index in [4.69, 9.17) is 44.3 Å². The molecular formula is C40H31Cl5N2O9. The van der Waals surface area contributed by atoms with Gasteiger partial charge in [-0.3, -0.25) is 37.9 Å². The molecule has 11 nitrogen and oxygen atoms in total. The first-order valence-electron chi connectivity index (χ1n) is 16.2. The van der Waals surface area contributed by atoms with Crippen LogP contribution in [0.25, 0.3) is 21.8 Å². The minimum Gasteiger partial charge on any atom is -0.497 e. The van der Waals surface area contributed by atoms with E-state index < -0.39 is 21.7 Å². The van der Waals surface area contributed by atoms with Gasteiger partial charge in [0.05, 0.1) is 31.7 Å². The number of halogens is 5. The van der Waals surface area contributed by atoms with Crippen molar-refractivity contribution in [2.45, 2.75) is 26.7 Å². The molecule has 0 atom stereocenters. The molecule has 0 bridgehead atoms. The van der Waals surface area contributed by atoms with Gasteiger partial charge in [0.2, 0.25) is 5.24 Å². The third-order valence-corrected chi connectivity index (χ3v) is 9.55. The van der Waals surface area contributed by atoms with E-state index >= 15 is 0 Å². The van der Waals surface area contributed by atoms with Crippen LogP contribution in [0.15, 0.2) is 84.9 Å². The summed E-state index contributed by atoms with van der Waals surface area (Å²) >= 11 is 26.4. The first-order valence-corrected chi connectivity index (χ1v) is 18.1. The molecule has 4 aromatic carbocycles. The lowest BCUT2D eigenvalue weighted by atomic mass is 10.1. The van der Waals surface area contributed by atoms with Gasteiger partial charge in [-0.05, 0) is 145 Å². The summed E-state index contributed by atoms with van der Waals surface area (Å²) in [5.41, 5.74) is 4.93. The molecular weight excluding hydrogens is 830 g/mol. The fraction of sp³-hybridized carbons (Fsp3) is 0.150. The molecule has 0 saturated carbocycles. The van der Waals surface area contributed by atoms with Crippen LogP contribution in [-0.2, 0) is 32.0 Å². The summed E-state index contributed by atoms with van der Waals surface area (Å²) in [7, 11) is 3.11. The van der Waals surface area contributed by atoms with Crippen molar-refractivity contribution in [2.24, 2.45) is 0 Å². The maximum atomic E-state index is 13.0. The summed E-state index contributed by atoms with van der Waals surface area (Å²) in [4.78, 5) is 67.6. The molecule has 2 aromatic heterocycles. The normalized spacial score (nSPS) is 10.5. The number of aromatic nitrogens is 2. The van der Waals surface area contributed by atoms with Crippen LogP contribution in [0.5, 0.6) is 11.5 Å². The van der Waals surface area contributed by atoms with Crippen molar-refractivity contribution in [1.29, 1.82) is 0 Å². The van der Waals surface area contributed by atoms with E-state index in [2.05, 4.69) is 23.2 Å². The number of carboxylic acids is 1. The summed E-state index contributed by atoms with van der Waals surface area (Å²) in [5.74, 6) is -0.135. The van der Waals surface area contributed by atoms with Gasteiger partial charge < -0.3 is 14.6 Å². The molecule has 0 radical (unpaired) electrons. The highest BCUT2D eigenvalue weighted by atomic mass is 35.5. The highest BCUT2D eigenvalue weighted by Crippen LogP contribution is 2.32. The van der Waals surface area contributed by atoms with Gasteiger partial charge in [0.15, 0.2) is 0 Å². The fourth-order valence-corrected chi connectivity index (χ4v) is 6.27. The van der Waals surface area contributed by atoms with E-state index in [-0.39, 0.29) is 24.7 Å². The van der Waals surface area contributed by atoms with E-state index in [0.717, 1.165) is 10.9 Å². The van der Waals surface area contributed by atoms with Gasteiger partial charge in [-0.2, -0.15) is 0 Å². The third kappa shape index (κ3) is 10.2. The third-order valence-electron chi connectivity index (χ3n) is 8.47. The van der Waals surface area contributed by atoms with Gasteiger partial charge >= 0.3 is 16.5 Å². The second-order valence-electron chi connectivity index (χ2n) is 11.8. The predicted octanol–water partition coefficient (Wildman–Crippen LogP) is 9.05. The van der Waals surface area contributed by atoms with Crippen LogP contribution in [0.1, 0.15) is 43.2 Å². The topological polar surface area (TPSA) is 151 Å². The number of hydrogen-bond donors (Lipinski definition) is 1. The lowest BCUT2D eigenvalue weighted by molar-refractivity contribution is -0.136. The van der Waals surface area contributed by atoms with Crippen LogP contribution >= 0.6 is 58.0 Å². The Morgan fingerprint density at radius 1 is 0.571 bits per heavy atom. The zero-order valence-corrected chi connectivity index (χ0v) is 33.8. The molecule has 6 aromatic rings. The van der Waals surface area contributed by atoms with Gasteiger partial charge in [0, 0.05) is 49.8 Å². The van der Waals surface area contributed by atoms with E-state index in [1.165, 1.54) is 4.57 Å². The number of hydrogen-bond acceptors (Lipinski definition) is 8. The second kappa shape index (κ2) is 19.1. The van der Waals surface area contributed by atoms with Gasteiger partial charge in [-0.25, -0.2) is 0 Å². The molecule has 0 unspecified atom stereocenters. The van der Waals surface area contributed by atoms with Crippen molar-refractivity contribution >= 4 is 113 Å². The number of nitrogens with zero attached hydrogens (tertiary/aromatic N) is 2. The van der Waals surface area contributed by atoms with Crippen molar-refractivity contribution in [1.82, 2.24) is 9.13 Å². The largest absolute Gasteiger partial charge is 0.497 e. The number of aliphatic carboxylic acids is 1. The molecule has 0 aliphatic carbocycles.